The number of nitrogens with one attached hydrogen (secondary N) is 2. The molecule has 4 aliphatic rings. The summed E-state index contributed by atoms with van der Waals surface area (Å²) in [6.45, 7) is 12.2. The molecule has 30 nitrogen and oxygen atoms in total. The van der Waals surface area contributed by atoms with E-state index in [1.165, 1.54) is 0 Å². The number of likely N-dealkylation sites (tertiary alicyclic amines) is 1. The van der Waals surface area contributed by atoms with Gasteiger partial charge in [0.1, 0.15) is 53.3 Å². The summed E-state index contributed by atoms with van der Waals surface area (Å²) in [5.41, 5.74) is -1.42. The summed E-state index contributed by atoms with van der Waals surface area (Å²) >= 11 is 0. The van der Waals surface area contributed by atoms with E-state index < -0.39 is 104 Å². The number of Topliss-reactive ketones (excluding diaryl/α,β-unsaturated/α-hetero) is 5. The number of aliphatic hydroxyl groups excluding tert-OH is 10. The summed E-state index contributed by atoms with van der Waals surface area (Å²) in [5, 5.41) is 106. The monoisotopic (exact) mass is 1650 g/mol. The quantitative estimate of drug-likeness (QED) is 0.0307. The van der Waals surface area contributed by atoms with Gasteiger partial charge >= 0.3 is 0 Å². The molecule has 1 aliphatic carbocycles. The number of β-amino-alcohol motifs (C(OH)–C–C–N with tert-alkyl or cyclic N) is 1. The second-order valence-corrected chi connectivity index (χ2v) is 34.0. The number of hydrogen-bond donors (Lipinski definition) is 12. The summed E-state index contributed by atoms with van der Waals surface area (Å²) < 4.78 is 53.5. The van der Waals surface area contributed by atoms with Gasteiger partial charge in [0.15, 0.2) is 12.6 Å². The van der Waals surface area contributed by atoms with Gasteiger partial charge in [0.25, 0.3) is 0 Å². The number of amides is 3. The SMILES string of the molecule is CC1C(OCCCCC(=O)NCCCNC(=O)CCOCC(COCCC(=O)CCCCCC(=O)CCCCOC2OC(CO)C(O)C(O)C2C)(COCCC(=O)CCCCCC(=O)CCCCOC2OC(CO)C(O)C(O)C2C)CC(=O)CCCCCCCCCCC(=O)N2C[C@H](O)C[C@H]2COC(C)(C)C)CC(CO)C(O)C1O. The average molecular weight is 1650 g/mol. The van der Waals surface area contributed by atoms with Gasteiger partial charge in [-0.1, -0.05) is 72.1 Å². The third-order valence-corrected chi connectivity index (χ3v) is 22.7. The van der Waals surface area contributed by atoms with E-state index in [0.29, 0.717) is 168 Å². The third-order valence-electron chi connectivity index (χ3n) is 22.7. The Bertz CT molecular complexity index is 2490. The second kappa shape index (κ2) is 58.9. The van der Waals surface area contributed by atoms with Crippen LogP contribution in [0.1, 0.15) is 273 Å². The number of ether oxygens (including phenoxy) is 9. The molecule has 1 saturated carbocycles. The van der Waals surface area contributed by atoms with Gasteiger partial charge in [-0.05, 0) is 117 Å². The Hall–Kier alpha value is -4.00. The van der Waals surface area contributed by atoms with Gasteiger partial charge in [-0.2, -0.15) is 0 Å². The topological polar surface area (TPSA) is 449 Å². The lowest BCUT2D eigenvalue weighted by atomic mass is 9.77. The normalized spacial score (nSPS) is 26.4. The minimum atomic E-state index is -1.22. The molecule has 4 fully saturated rings. The van der Waals surface area contributed by atoms with Crippen LogP contribution in [-0.4, -0.2) is 293 Å². The molecule has 668 valence electrons. The van der Waals surface area contributed by atoms with Gasteiger partial charge in [-0.25, -0.2) is 0 Å². The first-order chi connectivity index (χ1) is 55.0. The standard InChI is InChI=1S/C85H151N3O27/c1-59-70(48-62(52-89)79(104)76(59)101)110-42-26-23-35-73(98)86-40-27-41-87-74(99)39-47-109-58-85(50-68(96)34-15-11-9-7-8-10-12-20-36-75(100)88-51-69(97)49-63(88)55-113-84(4,5)6,56-107-45-37-66(94)30-18-13-16-28-64(92)32-21-24-43-111-82-60(2)77(102)80(105)71(53-90)114-82)57-108-46-38-67(95)31-19-14-17-29-65(93)33-22-25-44-112-83-61(3)78(103)81(106)72(54-91)115-83/h59-63,69-72,76-83,89-91,97,101-106H,7-58H2,1-6H3,(H,86,98)(H,87,99)/t59?,60?,61?,62?,63-,69+,70?,71?,72?,76?,77?,78?,79?,80?,81?,82?,83?,85?/m0/s1. The van der Waals surface area contributed by atoms with Gasteiger partial charge in [0.2, 0.25) is 17.7 Å². The molecule has 0 radical (unpaired) electrons. The van der Waals surface area contributed by atoms with Gasteiger partial charge in [-0.3, -0.25) is 38.4 Å². The Morgan fingerprint density at radius 2 is 0.783 bits per heavy atom. The molecule has 0 bridgehead atoms. The lowest BCUT2D eigenvalue weighted by molar-refractivity contribution is -0.282. The van der Waals surface area contributed by atoms with Crippen LogP contribution >= 0.6 is 0 Å². The first-order valence-corrected chi connectivity index (χ1v) is 43.6. The van der Waals surface area contributed by atoms with E-state index >= 15 is 0 Å². The van der Waals surface area contributed by atoms with Gasteiger partial charge in [0.05, 0.1) is 108 Å². The van der Waals surface area contributed by atoms with Crippen molar-refractivity contribution < 1.29 is 132 Å². The number of unbranched alkanes of at least 4 members (excludes halogenated alkanes) is 14. The zero-order chi connectivity index (χ0) is 84.6. The van der Waals surface area contributed by atoms with Crippen LogP contribution in [0, 0.1) is 29.1 Å². The van der Waals surface area contributed by atoms with Crippen molar-refractivity contribution in [2.24, 2.45) is 29.1 Å². The zero-order valence-electron chi connectivity index (χ0n) is 70.4. The molecule has 0 aromatic heterocycles. The summed E-state index contributed by atoms with van der Waals surface area (Å²) in [5.74, 6) is -2.06. The Morgan fingerprint density at radius 3 is 1.23 bits per heavy atom. The van der Waals surface area contributed by atoms with Crippen molar-refractivity contribution in [2.75, 3.05) is 106 Å². The van der Waals surface area contributed by atoms with Crippen LogP contribution in [0.3, 0.4) is 0 Å². The fraction of sp³-hybridized carbons (Fsp3) is 0.906. The molecule has 17 atom stereocenters. The highest BCUT2D eigenvalue weighted by molar-refractivity contribution is 5.81. The minimum Gasteiger partial charge on any atom is -0.396 e. The molecule has 0 spiro atoms. The number of carbonyl (C=O) groups excluding carboxylic acids is 8. The van der Waals surface area contributed by atoms with Gasteiger partial charge in [0, 0.05) is 159 Å². The van der Waals surface area contributed by atoms with Crippen molar-refractivity contribution in [3.63, 3.8) is 0 Å². The maximum Gasteiger partial charge on any atom is 0.222 e. The Morgan fingerprint density at radius 1 is 0.400 bits per heavy atom. The van der Waals surface area contributed by atoms with Crippen LogP contribution in [0.15, 0.2) is 0 Å². The van der Waals surface area contributed by atoms with Crippen LogP contribution in [0.5, 0.6) is 0 Å². The van der Waals surface area contributed by atoms with Crippen LogP contribution in [0.2, 0.25) is 0 Å². The van der Waals surface area contributed by atoms with Crippen LogP contribution in [0.25, 0.3) is 0 Å². The number of hydrogen-bond acceptors (Lipinski definition) is 27. The predicted octanol–water partition coefficient (Wildman–Crippen LogP) is 6.08. The Labute approximate surface area is 683 Å². The molecular formula is C85H151N3O27. The molecular weight excluding hydrogens is 1490 g/mol. The van der Waals surface area contributed by atoms with Crippen LogP contribution in [0.4, 0.5) is 0 Å². The third kappa shape index (κ3) is 42.4. The molecule has 30 heteroatoms. The van der Waals surface area contributed by atoms with Crippen molar-refractivity contribution in [3.8, 4) is 0 Å². The van der Waals surface area contributed by atoms with E-state index in [4.69, 9.17) is 42.6 Å². The fourth-order valence-electron chi connectivity index (χ4n) is 15.1. The molecule has 15 unspecified atom stereocenters. The Balaban J connectivity index is 1.28. The molecule has 4 rings (SSSR count). The molecule has 3 saturated heterocycles. The number of rotatable bonds is 67. The first kappa shape index (κ1) is 103. The largest absolute Gasteiger partial charge is 0.396 e. The zero-order valence-corrected chi connectivity index (χ0v) is 70.4. The van der Waals surface area contributed by atoms with Gasteiger partial charge < -0.3 is 109 Å². The molecule has 12 N–H and O–H groups in total. The van der Waals surface area contributed by atoms with Crippen molar-refractivity contribution >= 4 is 46.6 Å². The summed E-state index contributed by atoms with van der Waals surface area (Å²) in [6.07, 6.45) is 7.85. The number of aliphatic hydroxyl groups is 10. The highest BCUT2D eigenvalue weighted by Gasteiger charge is 2.45. The van der Waals surface area contributed by atoms with Crippen molar-refractivity contribution in [1.82, 2.24) is 15.5 Å². The van der Waals surface area contributed by atoms with E-state index in [-0.39, 0.29) is 181 Å². The van der Waals surface area contributed by atoms with E-state index in [9.17, 15) is 89.4 Å². The lowest BCUT2D eigenvalue weighted by Gasteiger charge is -2.40. The fourth-order valence-corrected chi connectivity index (χ4v) is 15.1. The van der Waals surface area contributed by atoms with E-state index in [0.717, 1.165) is 44.9 Å². The Kier molecular flexibility index (Phi) is 52.9. The smallest absolute Gasteiger partial charge is 0.222 e. The number of ketones is 5. The highest BCUT2D eigenvalue weighted by atomic mass is 16.7. The van der Waals surface area contributed by atoms with E-state index in [1.54, 1.807) is 25.7 Å². The van der Waals surface area contributed by atoms with Crippen molar-refractivity contribution in [1.29, 1.82) is 0 Å². The average Bonchev–Trinajstić information content (AvgIpc) is 1.85. The van der Waals surface area contributed by atoms with Crippen LogP contribution in [-0.2, 0) is 81.0 Å². The molecule has 115 heavy (non-hydrogen) atoms. The van der Waals surface area contributed by atoms with Gasteiger partial charge in [-0.15, -0.1) is 0 Å². The molecule has 0 aromatic carbocycles. The molecule has 0 aromatic rings. The summed E-state index contributed by atoms with van der Waals surface area (Å²) in [6, 6.07) is -0.134. The molecule has 3 heterocycles. The van der Waals surface area contributed by atoms with E-state index in [2.05, 4.69) is 10.6 Å². The second-order valence-electron chi connectivity index (χ2n) is 34.0. The maximum absolute atomic E-state index is 14.2. The van der Waals surface area contributed by atoms with Crippen molar-refractivity contribution in [2.45, 2.75) is 358 Å². The number of carbonyl (C=O) groups is 8. The first-order valence-electron chi connectivity index (χ1n) is 43.6. The molecule has 3 amide bonds. The van der Waals surface area contributed by atoms with Crippen LogP contribution < -0.4 is 10.6 Å². The minimum absolute atomic E-state index is 0.00400. The summed E-state index contributed by atoms with van der Waals surface area (Å²) in [7, 11) is 0. The number of nitrogens with zero attached hydrogens (tertiary/aromatic N) is 1. The summed E-state index contributed by atoms with van der Waals surface area (Å²) in [4.78, 5) is 107. The van der Waals surface area contributed by atoms with E-state index in [1.807, 2.05) is 20.8 Å². The highest BCUT2D eigenvalue weighted by Crippen LogP contribution is 2.34. The predicted molar refractivity (Wildman–Crippen MR) is 427 cm³/mol. The molecule has 3 aliphatic heterocycles. The van der Waals surface area contributed by atoms with Crippen molar-refractivity contribution in [3.05, 3.63) is 0 Å². The maximum atomic E-state index is 14.2. The lowest BCUT2D eigenvalue weighted by Crippen LogP contribution is -2.55.